The van der Waals surface area contributed by atoms with E-state index in [2.05, 4.69) is 15.3 Å². The van der Waals surface area contributed by atoms with Gasteiger partial charge in [-0.25, -0.2) is 9.59 Å². The monoisotopic (exact) mass is 365 g/mol. The highest BCUT2D eigenvalue weighted by Gasteiger charge is 2.17. The van der Waals surface area contributed by atoms with Gasteiger partial charge in [-0.1, -0.05) is 24.3 Å². The van der Waals surface area contributed by atoms with Crippen LogP contribution in [0, 0.1) is 6.92 Å². The van der Waals surface area contributed by atoms with Gasteiger partial charge >= 0.3 is 11.7 Å². The Hall–Kier alpha value is -3.61. The molecule has 7 heteroatoms. The molecule has 0 bridgehead atoms. The number of aromatic amines is 2. The summed E-state index contributed by atoms with van der Waals surface area (Å²) in [5, 5.41) is 2.66. The minimum absolute atomic E-state index is 0.323. The Morgan fingerprint density at radius 3 is 2.63 bits per heavy atom. The lowest BCUT2D eigenvalue weighted by atomic mass is 10.1. The molecule has 1 heterocycles. The van der Waals surface area contributed by atoms with Crippen LogP contribution in [0.3, 0.4) is 0 Å². The fourth-order valence-corrected chi connectivity index (χ4v) is 2.55. The second-order valence-electron chi connectivity index (χ2n) is 6.10. The molecule has 1 amide bonds. The number of aryl methyl sites for hydroxylation is 1. The molecule has 1 aromatic heterocycles. The largest absolute Gasteiger partial charge is 0.449 e. The highest BCUT2D eigenvalue weighted by atomic mass is 16.5. The number of imidazole rings is 1. The second-order valence-corrected chi connectivity index (χ2v) is 6.10. The van der Waals surface area contributed by atoms with E-state index in [1.54, 1.807) is 24.3 Å². The van der Waals surface area contributed by atoms with Gasteiger partial charge in [0.15, 0.2) is 6.10 Å². The lowest BCUT2D eigenvalue weighted by molar-refractivity contribution is -0.148. The number of amides is 1. The molecular weight excluding hydrogens is 346 g/mol. The fraction of sp³-hybridized carbons (Fsp3) is 0.150. The predicted molar refractivity (Wildman–Crippen MR) is 103 cm³/mol. The third kappa shape index (κ3) is 4.52. The summed E-state index contributed by atoms with van der Waals surface area (Å²) in [4.78, 5) is 40.7. The first-order valence-electron chi connectivity index (χ1n) is 8.39. The first-order valence-corrected chi connectivity index (χ1v) is 8.39. The molecule has 0 saturated heterocycles. The maximum Gasteiger partial charge on any atom is 0.331 e. The average Bonchev–Trinajstić information content (AvgIpc) is 3.00. The Morgan fingerprint density at radius 2 is 1.85 bits per heavy atom. The molecule has 0 saturated carbocycles. The van der Waals surface area contributed by atoms with E-state index in [4.69, 9.17) is 4.74 Å². The van der Waals surface area contributed by atoms with Crippen LogP contribution in [-0.4, -0.2) is 27.9 Å². The molecule has 1 atom stereocenters. The standard InChI is InChI=1S/C20H19N3O4/c1-12-5-3-4-6-14(12)7-10-18(24)27-13(2)19(25)21-15-8-9-16-17(11-15)23-20(26)22-16/h3-11,13H,1-2H3,(H,21,25)(H2,22,23,26)/b10-7+/t13-/m1/s1. The number of benzene rings is 2. The van der Waals surface area contributed by atoms with E-state index in [9.17, 15) is 14.4 Å². The van der Waals surface area contributed by atoms with Crippen molar-refractivity contribution in [1.82, 2.24) is 9.97 Å². The van der Waals surface area contributed by atoms with Crippen molar-refractivity contribution in [3.8, 4) is 0 Å². The molecule has 0 fully saturated rings. The SMILES string of the molecule is Cc1ccccc1/C=C/C(=O)O[C@H](C)C(=O)Nc1ccc2[nH]c(=O)[nH]c2c1. The minimum atomic E-state index is -0.972. The number of H-pyrrole nitrogens is 2. The Labute approximate surface area is 155 Å². The van der Waals surface area contributed by atoms with Crippen molar-refractivity contribution in [1.29, 1.82) is 0 Å². The molecule has 138 valence electrons. The summed E-state index contributed by atoms with van der Waals surface area (Å²) in [6.45, 7) is 3.43. The normalized spacial score (nSPS) is 12.2. The van der Waals surface area contributed by atoms with Gasteiger partial charge < -0.3 is 20.0 Å². The molecule has 27 heavy (non-hydrogen) atoms. The number of anilines is 1. The second kappa shape index (κ2) is 7.74. The first-order chi connectivity index (χ1) is 12.9. The number of carbonyl (C=O) groups excluding carboxylic acids is 2. The molecule has 3 N–H and O–H groups in total. The van der Waals surface area contributed by atoms with Crippen molar-refractivity contribution in [2.75, 3.05) is 5.32 Å². The van der Waals surface area contributed by atoms with Crippen LogP contribution in [0.5, 0.6) is 0 Å². The summed E-state index contributed by atoms with van der Waals surface area (Å²) in [6, 6.07) is 12.6. The molecule has 0 unspecified atom stereocenters. The summed E-state index contributed by atoms with van der Waals surface area (Å²) in [7, 11) is 0. The van der Waals surface area contributed by atoms with Gasteiger partial charge in [-0.15, -0.1) is 0 Å². The van der Waals surface area contributed by atoms with Crippen molar-refractivity contribution in [3.05, 3.63) is 70.2 Å². The van der Waals surface area contributed by atoms with E-state index in [1.165, 1.54) is 13.0 Å². The molecule has 3 rings (SSSR count). The number of hydrogen-bond acceptors (Lipinski definition) is 4. The molecule has 0 radical (unpaired) electrons. The summed E-state index contributed by atoms with van der Waals surface area (Å²) in [5.74, 6) is -1.07. The lowest BCUT2D eigenvalue weighted by Gasteiger charge is -2.12. The molecule has 2 aromatic carbocycles. The van der Waals surface area contributed by atoms with E-state index < -0.39 is 18.0 Å². The number of fused-ring (bicyclic) bond motifs is 1. The molecule has 3 aromatic rings. The number of ether oxygens (including phenoxy) is 1. The van der Waals surface area contributed by atoms with Gasteiger partial charge in [-0.3, -0.25) is 4.79 Å². The average molecular weight is 365 g/mol. The number of aromatic nitrogens is 2. The van der Waals surface area contributed by atoms with E-state index in [0.29, 0.717) is 16.7 Å². The Bertz CT molecular complexity index is 1080. The molecule has 0 aliphatic carbocycles. The van der Waals surface area contributed by atoms with E-state index >= 15 is 0 Å². The summed E-state index contributed by atoms with van der Waals surface area (Å²) < 4.78 is 5.14. The number of rotatable bonds is 5. The maximum atomic E-state index is 12.2. The van der Waals surface area contributed by atoms with Crippen molar-refractivity contribution in [2.24, 2.45) is 0 Å². The van der Waals surface area contributed by atoms with Gasteiger partial charge in [-0.05, 0) is 49.2 Å². The Morgan fingerprint density at radius 1 is 1.11 bits per heavy atom. The molecule has 0 aliphatic heterocycles. The van der Waals surface area contributed by atoms with Crippen LogP contribution in [-0.2, 0) is 14.3 Å². The van der Waals surface area contributed by atoms with Crippen LogP contribution in [0.4, 0.5) is 5.69 Å². The van der Waals surface area contributed by atoms with Gasteiger partial charge in [0.2, 0.25) is 0 Å². The zero-order chi connectivity index (χ0) is 19.4. The zero-order valence-electron chi connectivity index (χ0n) is 14.9. The number of esters is 1. The van der Waals surface area contributed by atoms with Crippen molar-refractivity contribution in [2.45, 2.75) is 20.0 Å². The van der Waals surface area contributed by atoms with Crippen LogP contribution in [0.1, 0.15) is 18.1 Å². The minimum Gasteiger partial charge on any atom is -0.449 e. The van der Waals surface area contributed by atoms with E-state index in [-0.39, 0.29) is 5.69 Å². The fourth-order valence-electron chi connectivity index (χ4n) is 2.55. The maximum absolute atomic E-state index is 12.2. The zero-order valence-corrected chi connectivity index (χ0v) is 14.9. The molecule has 0 aliphatic rings. The van der Waals surface area contributed by atoms with Gasteiger partial charge in [0, 0.05) is 11.8 Å². The Kier molecular flexibility index (Phi) is 5.21. The quantitative estimate of drug-likeness (QED) is 0.478. The highest BCUT2D eigenvalue weighted by Crippen LogP contribution is 2.15. The lowest BCUT2D eigenvalue weighted by Crippen LogP contribution is -2.29. The van der Waals surface area contributed by atoms with Crippen LogP contribution in [0.25, 0.3) is 17.1 Å². The van der Waals surface area contributed by atoms with E-state index in [0.717, 1.165) is 11.1 Å². The predicted octanol–water partition coefficient (Wildman–Crippen LogP) is 2.75. The van der Waals surface area contributed by atoms with Crippen LogP contribution >= 0.6 is 0 Å². The van der Waals surface area contributed by atoms with Gasteiger partial charge in [-0.2, -0.15) is 0 Å². The Balaban J connectivity index is 1.60. The third-order valence-electron chi connectivity index (χ3n) is 4.03. The first kappa shape index (κ1) is 18.2. The summed E-state index contributed by atoms with van der Waals surface area (Å²) >= 11 is 0. The topological polar surface area (TPSA) is 104 Å². The number of nitrogens with one attached hydrogen (secondary N) is 3. The third-order valence-corrected chi connectivity index (χ3v) is 4.03. The highest BCUT2D eigenvalue weighted by molar-refractivity contribution is 5.97. The number of carbonyl (C=O) groups is 2. The van der Waals surface area contributed by atoms with Crippen molar-refractivity contribution in [3.63, 3.8) is 0 Å². The van der Waals surface area contributed by atoms with Gasteiger partial charge in [0.05, 0.1) is 11.0 Å². The molecular formula is C20H19N3O4. The van der Waals surface area contributed by atoms with E-state index in [1.807, 2.05) is 31.2 Å². The summed E-state index contributed by atoms with van der Waals surface area (Å²) in [5.41, 5.74) is 3.31. The molecule has 0 spiro atoms. The van der Waals surface area contributed by atoms with Crippen LogP contribution in [0.2, 0.25) is 0 Å². The molecule has 7 nitrogen and oxygen atoms in total. The van der Waals surface area contributed by atoms with Crippen LogP contribution in [0.15, 0.2) is 53.3 Å². The number of hydrogen-bond donors (Lipinski definition) is 3. The summed E-state index contributed by atoms with van der Waals surface area (Å²) in [6.07, 6.45) is 1.97. The van der Waals surface area contributed by atoms with Crippen molar-refractivity contribution >= 4 is 34.7 Å². The smallest absolute Gasteiger partial charge is 0.331 e. The van der Waals surface area contributed by atoms with Gasteiger partial charge in [0.1, 0.15) is 0 Å². The van der Waals surface area contributed by atoms with Gasteiger partial charge in [0.25, 0.3) is 5.91 Å². The van der Waals surface area contributed by atoms with Crippen molar-refractivity contribution < 1.29 is 14.3 Å². The van der Waals surface area contributed by atoms with Crippen LogP contribution < -0.4 is 11.0 Å².